The second kappa shape index (κ2) is 12.9. The lowest BCUT2D eigenvalue weighted by atomic mass is 9.98. The van der Waals surface area contributed by atoms with Crippen molar-refractivity contribution in [3.8, 4) is 0 Å². The van der Waals surface area contributed by atoms with Crippen molar-refractivity contribution in [3.63, 3.8) is 0 Å². The molecule has 9 N–H and O–H groups in total. The number of nitrogens with zero attached hydrogens (tertiary/aromatic N) is 1. The predicted octanol–water partition coefficient (Wildman–Crippen LogP) is -2.37. The minimum absolute atomic E-state index is 0.101. The second-order valence-electron chi connectivity index (χ2n) is 8.05. The number of H-pyrrole nitrogens is 1. The van der Waals surface area contributed by atoms with Crippen molar-refractivity contribution >= 4 is 23.7 Å². The molecule has 3 amide bonds. The standard InChI is InChI=1S/C20H34N6O7/c1-5-9(2)14(21)18(30)25-15(10(3)27)19(31)24-13(6-12-7-22-8-23-12)17(29)26-16(11(4)28)20(32)33/h7-11,13-16,27-28H,5-6,21H2,1-4H3,(H,22,23)(H,24,31)(H,25,30)(H,26,29)(H,32,33). The smallest absolute Gasteiger partial charge is 0.328 e. The van der Waals surface area contributed by atoms with Gasteiger partial charge >= 0.3 is 5.97 Å². The van der Waals surface area contributed by atoms with E-state index in [1.54, 1.807) is 6.92 Å². The molecule has 13 nitrogen and oxygen atoms in total. The van der Waals surface area contributed by atoms with Gasteiger partial charge in [-0.2, -0.15) is 0 Å². The van der Waals surface area contributed by atoms with Gasteiger partial charge in [0.05, 0.1) is 24.6 Å². The molecule has 0 aliphatic heterocycles. The van der Waals surface area contributed by atoms with E-state index in [0.717, 1.165) is 0 Å². The number of aliphatic hydroxyl groups is 2. The molecule has 0 spiro atoms. The number of imidazole rings is 1. The molecule has 7 atom stereocenters. The molecule has 1 heterocycles. The lowest BCUT2D eigenvalue weighted by Crippen LogP contribution is -2.61. The topological polar surface area (TPSA) is 220 Å². The average molecular weight is 471 g/mol. The fourth-order valence-electron chi connectivity index (χ4n) is 2.90. The van der Waals surface area contributed by atoms with Crippen LogP contribution in [0.2, 0.25) is 0 Å². The summed E-state index contributed by atoms with van der Waals surface area (Å²) in [6, 6.07) is -5.24. The Morgan fingerprint density at radius 1 is 1.00 bits per heavy atom. The Labute approximate surface area is 191 Å². The highest BCUT2D eigenvalue weighted by molar-refractivity contribution is 5.94. The summed E-state index contributed by atoms with van der Waals surface area (Å²) in [5, 5.41) is 35.9. The van der Waals surface area contributed by atoms with Gasteiger partial charge in [-0.25, -0.2) is 9.78 Å². The summed E-state index contributed by atoms with van der Waals surface area (Å²) in [6.45, 7) is 6.11. The summed E-state index contributed by atoms with van der Waals surface area (Å²) in [6.07, 6.45) is 0.572. The van der Waals surface area contributed by atoms with E-state index in [1.165, 1.54) is 26.4 Å². The molecule has 0 bridgehead atoms. The fourth-order valence-corrected chi connectivity index (χ4v) is 2.90. The number of rotatable bonds is 13. The quantitative estimate of drug-likeness (QED) is 0.154. The maximum atomic E-state index is 12.9. The number of carboxylic acids is 1. The van der Waals surface area contributed by atoms with Crippen LogP contribution in [0.4, 0.5) is 0 Å². The molecule has 33 heavy (non-hydrogen) atoms. The molecule has 186 valence electrons. The van der Waals surface area contributed by atoms with Crippen LogP contribution in [-0.4, -0.2) is 85.4 Å². The van der Waals surface area contributed by atoms with Gasteiger partial charge in [0, 0.05) is 18.3 Å². The fraction of sp³-hybridized carbons (Fsp3) is 0.650. The molecular weight excluding hydrogens is 436 g/mol. The molecule has 1 aromatic rings. The lowest BCUT2D eigenvalue weighted by Gasteiger charge is -2.27. The summed E-state index contributed by atoms with van der Waals surface area (Å²) in [5.74, 6) is -4.04. The second-order valence-corrected chi connectivity index (χ2v) is 8.05. The summed E-state index contributed by atoms with van der Waals surface area (Å²) >= 11 is 0. The van der Waals surface area contributed by atoms with Gasteiger partial charge in [-0.05, 0) is 19.8 Å². The van der Waals surface area contributed by atoms with Gasteiger partial charge in [-0.1, -0.05) is 20.3 Å². The van der Waals surface area contributed by atoms with Crippen LogP contribution in [0.5, 0.6) is 0 Å². The summed E-state index contributed by atoms with van der Waals surface area (Å²) in [5.41, 5.74) is 6.35. The molecule has 0 aliphatic carbocycles. The van der Waals surface area contributed by atoms with E-state index in [1.807, 2.05) is 6.92 Å². The van der Waals surface area contributed by atoms with Crippen LogP contribution in [0.1, 0.15) is 39.8 Å². The number of aromatic amines is 1. The van der Waals surface area contributed by atoms with E-state index in [-0.39, 0.29) is 12.3 Å². The number of amides is 3. The monoisotopic (exact) mass is 470 g/mol. The van der Waals surface area contributed by atoms with E-state index in [4.69, 9.17) is 5.73 Å². The highest BCUT2D eigenvalue weighted by Gasteiger charge is 2.34. The van der Waals surface area contributed by atoms with Crippen molar-refractivity contribution in [2.24, 2.45) is 11.7 Å². The van der Waals surface area contributed by atoms with Gasteiger partial charge < -0.3 is 42.0 Å². The SMILES string of the molecule is CCC(C)C(N)C(=O)NC(C(=O)NC(Cc1cnc[nH]1)C(=O)NC(C(=O)O)C(C)O)C(C)O. The van der Waals surface area contributed by atoms with E-state index in [9.17, 15) is 34.5 Å². The van der Waals surface area contributed by atoms with Crippen molar-refractivity contribution in [1.29, 1.82) is 0 Å². The highest BCUT2D eigenvalue weighted by atomic mass is 16.4. The maximum Gasteiger partial charge on any atom is 0.328 e. The van der Waals surface area contributed by atoms with Crippen molar-refractivity contribution in [1.82, 2.24) is 25.9 Å². The summed E-state index contributed by atoms with van der Waals surface area (Å²) in [7, 11) is 0. The van der Waals surface area contributed by atoms with Crippen LogP contribution in [-0.2, 0) is 25.6 Å². The van der Waals surface area contributed by atoms with Crippen molar-refractivity contribution in [2.45, 2.75) is 76.9 Å². The molecule has 0 aromatic carbocycles. The number of carbonyl (C=O) groups excluding carboxylic acids is 3. The van der Waals surface area contributed by atoms with E-state index < -0.39 is 60.1 Å². The zero-order chi connectivity index (χ0) is 25.3. The van der Waals surface area contributed by atoms with Crippen molar-refractivity contribution in [2.75, 3.05) is 0 Å². The van der Waals surface area contributed by atoms with Crippen LogP contribution >= 0.6 is 0 Å². The minimum Gasteiger partial charge on any atom is -0.480 e. The normalized spacial score (nSPS) is 17.5. The van der Waals surface area contributed by atoms with Gasteiger partial charge in [-0.3, -0.25) is 14.4 Å². The van der Waals surface area contributed by atoms with E-state index in [2.05, 4.69) is 25.9 Å². The molecule has 1 rings (SSSR count). The first-order valence-electron chi connectivity index (χ1n) is 10.6. The number of hydrogen-bond acceptors (Lipinski definition) is 8. The van der Waals surface area contributed by atoms with Crippen LogP contribution in [0.15, 0.2) is 12.5 Å². The molecule has 0 aliphatic rings. The zero-order valence-electron chi connectivity index (χ0n) is 19.1. The molecule has 1 aromatic heterocycles. The minimum atomic E-state index is -1.61. The lowest BCUT2D eigenvalue weighted by molar-refractivity contribution is -0.145. The Kier molecular flexibility index (Phi) is 10.9. The summed E-state index contributed by atoms with van der Waals surface area (Å²) in [4.78, 5) is 56.0. The Hall–Kier alpha value is -3.03. The summed E-state index contributed by atoms with van der Waals surface area (Å²) < 4.78 is 0. The van der Waals surface area contributed by atoms with E-state index in [0.29, 0.717) is 12.1 Å². The van der Waals surface area contributed by atoms with Crippen LogP contribution in [0.25, 0.3) is 0 Å². The molecule has 0 radical (unpaired) electrons. The first-order valence-corrected chi connectivity index (χ1v) is 10.6. The first kappa shape index (κ1) is 28.0. The Morgan fingerprint density at radius 3 is 2.03 bits per heavy atom. The Balaban J connectivity index is 3.05. The van der Waals surface area contributed by atoms with Gasteiger partial charge in [0.15, 0.2) is 6.04 Å². The Bertz CT molecular complexity index is 799. The van der Waals surface area contributed by atoms with Crippen molar-refractivity contribution < 1.29 is 34.5 Å². The number of hydrogen-bond donors (Lipinski definition) is 8. The average Bonchev–Trinajstić information content (AvgIpc) is 3.25. The van der Waals surface area contributed by atoms with Crippen LogP contribution < -0.4 is 21.7 Å². The largest absolute Gasteiger partial charge is 0.480 e. The molecule has 7 unspecified atom stereocenters. The molecule has 0 saturated heterocycles. The third kappa shape index (κ3) is 8.44. The predicted molar refractivity (Wildman–Crippen MR) is 117 cm³/mol. The number of nitrogens with one attached hydrogen (secondary N) is 4. The number of aliphatic hydroxyl groups excluding tert-OH is 2. The van der Waals surface area contributed by atoms with E-state index >= 15 is 0 Å². The molecular formula is C20H34N6O7. The first-order chi connectivity index (χ1) is 15.4. The van der Waals surface area contributed by atoms with Gasteiger partial charge in [0.2, 0.25) is 17.7 Å². The number of aromatic nitrogens is 2. The molecule has 0 saturated carbocycles. The van der Waals surface area contributed by atoms with Gasteiger partial charge in [-0.15, -0.1) is 0 Å². The zero-order valence-corrected chi connectivity index (χ0v) is 19.1. The number of nitrogens with two attached hydrogens (primary N) is 1. The third-order valence-corrected chi connectivity index (χ3v) is 5.28. The molecule has 13 heteroatoms. The maximum absolute atomic E-state index is 12.9. The van der Waals surface area contributed by atoms with Gasteiger partial charge in [0.25, 0.3) is 0 Å². The highest BCUT2D eigenvalue weighted by Crippen LogP contribution is 2.07. The number of carboxylic acid groups (broad SMARTS) is 1. The number of aliphatic carboxylic acids is 1. The van der Waals surface area contributed by atoms with Gasteiger partial charge in [0.1, 0.15) is 12.1 Å². The van der Waals surface area contributed by atoms with Crippen molar-refractivity contribution in [3.05, 3.63) is 18.2 Å². The molecule has 0 fully saturated rings. The Morgan fingerprint density at radius 2 is 1.58 bits per heavy atom. The van der Waals surface area contributed by atoms with Crippen LogP contribution in [0, 0.1) is 5.92 Å². The number of carbonyl (C=O) groups is 4. The van der Waals surface area contributed by atoms with Crippen LogP contribution in [0.3, 0.4) is 0 Å². The third-order valence-electron chi connectivity index (χ3n) is 5.28.